The number of hydrogen-bond donors (Lipinski definition) is 1. The van der Waals surface area contributed by atoms with E-state index in [1.54, 1.807) is 0 Å². The molecule has 4 heteroatoms. The van der Waals surface area contributed by atoms with Gasteiger partial charge in [0.1, 0.15) is 0 Å². The molecule has 0 spiro atoms. The molecule has 2 saturated carbocycles. The Balaban J connectivity index is 2.04. The standard InChI is InChI=1S/C23H46O2SSi/c1-17(15-26-16-22(5,6)24)18-12-13-19-20(11-10-14-23(18,19)7)25-27(8,9)21(2,3)4/h17-20,24H,10-16H2,1-9H3/t17-,18?,19+,20?,23-/m1/s1. The van der Waals surface area contributed by atoms with Crippen molar-refractivity contribution < 1.29 is 9.53 Å². The second-order valence-electron chi connectivity index (χ2n) is 11.9. The maximum Gasteiger partial charge on any atom is 0.192 e. The molecule has 2 unspecified atom stereocenters. The van der Waals surface area contributed by atoms with Gasteiger partial charge in [-0.2, -0.15) is 11.8 Å². The molecule has 0 aromatic heterocycles. The van der Waals surface area contributed by atoms with Crippen molar-refractivity contribution in [3.05, 3.63) is 0 Å². The topological polar surface area (TPSA) is 29.5 Å². The Kier molecular flexibility index (Phi) is 7.32. The summed E-state index contributed by atoms with van der Waals surface area (Å²) in [6, 6.07) is 0. The van der Waals surface area contributed by atoms with E-state index in [4.69, 9.17) is 4.43 Å². The molecule has 0 aromatic rings. The molecule has 27 heavy (non-hydrogen) atoms. The van der Waals surface area contributed by atoms with Gasteiger partial charge in [-0.05, 0) is 86.6 Å². The second-order valence-corrected chi connectivity index (χ2v) is 17.7. The maximum atomic E-state index is 10.0. The zero-order chi connectivity index (χ0) is 20.7. The van der Waals surface area contributed by atoms with Gasteiger partial charge in [-0.15, -0.1) is 0 Å². The normalized spacial score (nSPS) is 33.8. The van der Waals surface area contributed by atoms with Crippen LogP contribution in [-0.4, -0.2) is 36.6 Å². The van der Waals surface area contributed by atoms with Crippen molar-refractivity contribution in [2.24, 2.45) is 23.2 Å². The monoisotopic (exact) mass is 414 g/mol. The zero-order valence-corrected chi connectivity index (χ0v) is 21.3. The van der Waals surface area contributed by atoms with Gasteiger partial charge in [-0.3, -0.25) is 0 Å². The third-order valence-corrected chi connectivity index (χ3v) is 14.1. The van der Waals surface area contributed by atoms with Crippen molar-refractivity contribution in [2.45, 2.75) is 110 Å². The highest BCUT2D eigenvalue weighted by atomic mass is 32.2. The number of thioether (sulfide) groups is 1. The van der Waals surface area contributed by atoms with E-state index in [1.165, 1.54) is 37.9 Å². The van der Waals surface area contributed by atoms with E-state index in [0.717, 1.165) is 23.5 Å². The van der Waals surface area contributed by atoms with Crippen LogP contribution >= 0.6 is 11.8 Å². The van der Waals surface area contributed by atoms with Crippen LogP contribution in [0.2, 0.25) is 18.1 Å². The van der Waals surface area contributed by atoms with Crippen LogP contribution < -0.4 is 0 Å². The molecule has 2 aliphatic rings. The lowest BCUT2D eigenvalue weighted by Gasteiger charge is -2.50. The van der Waals surface area contributed by atoms with E-state index < -0.39 is 13.9 Å². The molecular formula is C23H46O2SSi. The SMILES string of the molecule is C[C@H](CSCC(C)(C)O)C1CC[C@H]2C(O[Si](C)(C)C(C)(C)C)CCC[C@]12C. The fraction of sp³-hybridized carbons (Fsp3) is 1.00. The molecule has 1 N–H and O–H groups in total. The lowest BCUT2D eigenvalue weighted by atomic mass is 9.62. The summed E-state index contributed by atoms with van der Waals surface area (Å²) in [5, 5.41) is 10.3. The fourth-order valence-electron chi connectivity index (χ4n) is 5.40. The summed E-state index contributed by atoms with van der Waals surface area (Å²) in [4.78, 5) is 0. The summed E-state index contributed by atoms with van der Waals surface area (Å²) in [5.74, 6) is 4.28. The first-order valence-corrected chi connectivity index (χ1v) is 15.2. The average molecular weight is 415 g/mol. The summed E-state index contributed by atoms with van der Waals surface area (Å²) in [6.45, 7) is 20.8. The number of hydrogen-bond acceptors (Lipinski definition) is 3. The third-order valence-electron chi connectivity index (χ3n) is 7.91. The minimum absolute atomic E-state index is 0.292. The van der Waals surface area contributed by atoms with E-state index in [2.05, 4.69) is 47.7 Å². The van der Waals surface area contributed by atoms with Gasteiger partial charge in [0.25, 0.3) is 0 Å². The Bertz CT molecular complexity index is 494. The van der Waals surface area contributed by atoms with Gasteiger partial charge in [-0.25, -0.2) is 0 Å². The smallest absolute Gasteiger partial charge is 0.192 e. The molecule has 2 fully saturated rings. The average Bonchev–Trinajstić information content (AvgIpc) is 2.82. The largest absolute Gasteiger partial charge is 0.414 e. The quantitative estimate of drug-likeness (QED) is 0.468. The molecule has 160 valence electrons. The summed E-state index contributed by atoms with van der Waals surface area (Å²) < 4.78 is 6.98. The first kappa shape index (κ1) is 23.8. The molecule has 0 aromatic carbocycles. The lowest BCUT2D eigenvalue weighted by molar-refractivity contribution is -0.0182. The Morgan fingerprint density at radius 1 is 1.15 bits per heavy atom. The molecule has 2 nitrogen and oxygen atoms in total. The Labute approximate surface area is 174 Å². The molecule has 0 bridgehead atoms. The Morgan fingerprint density at radius 2 is 1.78 bits per heavy atom. The van der Waals surface area contributed by atoms with Gasteiger partial charge in [0, 0.05) is 11.9 Å². The highest BCUT2D eigenvalue weighted by molar-refractivity contribution is 7.99. The lowest BCUT2D eigenvalue weighted by Crippen LogP contribution is -2.50. The van der Waals surface area contributed by atoms with Crippen LogP contribution in [0.15, 0.2) is 0 Å². The third kappa shape index (κ3) is 5.55. The molecule has 0 radical (unpaired) electrons. The second kappa shape index (κ2) is 8.32. The van der Waals surface area contributed by atoms with E-state index in [1.807, 2.05) is 25.6 Å². The van der Waals surface area contributed by atoms with Crippen LogP contribution in [0.25, 0.3) is 0 Å². The van der Waals surface area contributed by atoms with Crippen molar-refractivity contribution >= 4 is 20.1 Å². The summed E-state index contributed by atoms with van der Waals surface area (Å²) in [5.41, 5.74) is -0.112. The summed E-state index contributed by atoms with van der Waals surface area (Å²) in [7, 11) is -1.71. The zero-order valence-electron chi connectivity index (χ0n) is 19.5. The van der Waals surface area contributed by atoms with Crippen LogP contribution in [0.3, 0.4) is 0 Å². The van der Waals surface area contributed by atoms with Crippen molar-refractivity contribution in [3.63, 3.8) is 0 Å². The molecule has 0 aliphatic heterocycles. The first-order chi connectivity index (χ1) is 12.2. The Morgan fingerprint density at radius 3 is 2.33 bits per heavy atom. The van der Waals surface area contributed by atoms with Gasteiger partial charge in [0.2, 0.25) is 0 Å². The van der Waals surface area contributed by atoms with E-state index in [9.17, 15) is 5.11 Å². The summed E-state index contributed by atoms with van der Waals surface area (Å²) >= 11 is 1.93. The molecule has 0 heterocycles. The van der Waals surface area contributed by atoms with E-state index in [0.29, 0.717) is 16.6 Å². The summed E-state index contributed by atoms with van der Waals surface area (Å²) in [6.07, 6.45) is 7.16. The molecular weight excluding hydrogens is 368 g/mol. The van der Waals surface area contributed by atoms with Crippen LogP contribution in [0.4, 0.5) is 0 Å². The van der Waals surface area contributed by atoms with E-state index in [-0.39, 0.29) is 0 Å². The number of rotatable bonds is 7. The minimum atomic E-state index is -1.71. The van der Waals surface area contributed by atoms with Crippen LogP contribution in [0.1, 0.15) is 80.6 Å². The van der Waals surface area contributed by atoms with Crippen LogP contribution in [0, 0.1) is 23.2 Å². The minimum Gasteiger partial charge on any atom is -0.414 e. The van der Waals surface area contributed by atoms with Gasteiger partial charge in [-0.1, -0.05) is 41.0 Å². The van der Waals surface area contributed by atoms with Crippen molar-refractivity contribution in [3.8, 4) is 0 Å². The maximum absolute atomic E-state index is 10.0. The van der Waals surface area contributed by atoms with Gasteiger partial charge >= 0.3 is 0 Å². The highest BCUT2D eigenvalue weighted by Crippen LogP contribution is 2.59. The fourth-order valence-corrected chi connectivity index (χ4v) is 8.02. The van der Waals surface area contributed by atoms with E-state index >= 15 is 0 Å². The van der Waals surface area contributed by atoms with Crippen molar-refractivity contribution in [2.75, 3.05) is 11.5 Å². The predicted molar refractivity (Wildman–Crippen MR) is 123 cm³/mol. The molecule has 5 atom stereocenters. The van der Waals surface area contributed by atoms with Crippen molar-refractivity contribution in [1.29, 1.82) is 0 Å². The first-order valence-electron chi connectivity index (χ1n) is 11.2. The van der Waals surface area contributed by atoms with Crippen LogP contribution in [0.5, 0.6) is 0 Å². The molecule has 0 saturated heterocycles. The van der Waals surface area contributed by atoms with Crippen molar-refractivity contribution in [1.82, 2.24) is 0 Å². The molecule has 0 amide bonds. The number of fused-ring (bicyclic) bond motifs is 1. The van der Waals surface area contributed by atoms with Gasteiger partial charge in [0.05, 0.1) is 5.60 Å². The van der Waals surface area contributed by atoms with Gasteiger partial charge < -0.3 is 9.53 Å². The molecule has 2 aliphatic carbocycles. The highest BCUT2D eigenvalue weighted by Gasteiger charge is 2.54. The number of aliphatic hydroxyl groups is 1. The predicted octanol–water partition coefficient (Wildman–Crippen LogP) is 6.73. The van der Waals surface area contributed by atoms with Gasteiger partial charge in [0.15, 0.2) is 8.32 Å². The molecule has 2 rings (SSSR count). The van der Waals surface area contributed by atoms with Crippen LogP contribution in [-0.2, 0) is 4.43 Å². The Hall–Kier alpha value is 0.487.